The molecule has 0 bridgehead atoms. The van der Waals surface area contributed by atoms with Crippen molar-refractivity contribution >= 4 is 11.7 Å². The lowest BCUT2D eigenvalue weighted by atomic mass is 10.0. The largest absolute Gasteiger partial charge is 0.309 e. The van der Waals surface area contributed by atoms with Gasteiger partial charge in [-0.3, -0.25) is 9.89 Å². The van der Waals surface area contributed by atoms with Gasteiger partial charge in [-0.15, -0.1) is 0 Å². The number of aromatic amines is 1. The zero-order valence-corrected chi connectivity index (χ0v) is 10.5. The van der Waals surface area contributed by atoms with E-state index in [4.69, 9.17) is 0 Å². The Labute approximate surface area is 102 Å². The Morgan fingerprint density at radius 3 is 2.94 bits per heavy atom. The van der Waals surface area contributed by atoms with Crippen LogP contribution in [0, 0.1) is 5.92 Å². The van der Waals surface area contributed by atoms with E-state index in [2.05, 4.69) is 22.4 Å². The van der Waals surface area contributed by atoms with Gasteiger partial charge in [-0.25, -0.2) is 0 Å². The predicted octanol–water partition coefficient (Wildman–Crippen LogP) is 2.88. The average molecular weight is 235 g/mol. The quantitative estimate of drug-likeness (QED) is 0.824. The first kappa shape index (κ1) is 12.1. The normalized spacial score (nSPS) is 16.3. The van der Waals surface area contributed by atoms with Crippen LogP contribution in [-0.4, -0.2) is 16.1 Å². The van der Waals surface area contributed by atoms with Crippen molar-refractivity contribution < 1.29 is 4.79 Å². The van der Waals surface area contributed by atoms with Crippen molar-refractivity contribution in [2.45, 2.75) is 51.9 Å². The molecule has 0 aromatic carbocycles. The summed E-state index contributed by atoms with van der Waals surface area (Å²) in [4.78, 5) is 11.7. The number of amides is 1. The smallest absolute Gasteiger partial charge is 0.225 e. The molecule has 4 nitrogen and oxygen atoms in total. The first-order valence-electron chi connectivity index (χ1n) is 6.62. The maximum Gasteiger partial charge on any atom is 0.225 e. The molecule has 2 rings (SSSR count). The summed E-state index contributed by atoms with van der Waals surface area (Å²) in [5.41, 5.74) is 1.05. The molecule has 0 radical (unpaired) electrons. The Balaban J connectivity index is 1.72. The summed E-state index contributed by atoms with van der Waals surface area (Å²) < 4.78 is 0. The molecule has 94 valence electrons. The number of carbonyl (C=O) groups is 1. The van der Waals surface area contributed by atoms with Gasteiger partial charge in [-0.1, -0.05) is 32.6 Å². The number of nitrogens with one attached hydrogen (secondary N) is 2. The average Bonchev–Trinajstić information content (AvgIpc) is 2.97. The lowest BCUT2D eigenvalue weighted by Crippen LogP contribution is -2.12. The highest BCUT2D eigenvalue weighted by Gasteiger charge is 2.16. The van der Waals surface area contributed by atoms with Crippen LogP contribution in [0.2, 0.25) is 0 Å². The molecular formula is C13H21N3O. The van der Waals surface area contributed by atoms with Crippen molar-refractivity contribution in [1.82, 2.24) is 10.2 Å². The molecule has 4 heteroatoms. The summed E-state index contributed by atoms with van der Waals surface area (Å²) in [6, 6.07) is 1.90. The molecule has 1 fully saturated rings. The monoisotopic (exact) mass is 235 g/mol. The number of aryl methyl sites for hydroxylation is 1. The highest BCUT2D eigenvalue weighted by Crippen LogP contribution is 2.28. The van der Waals surface area contributed by atoms with Crippen LogP contribution >= 0.6 is 0 Å². The summed E-state index contributed by atoms with van der Waals surface area (Å²) in [5.74, 6) is 1.51. The maximum absolute atomic E-state index is 11.7. The summed E-state index contributed by atoms with van der Waals surface area (Å²) in [6.45, 7) is 2.05. The van der Waals surface area contributed by atoms with Crippen LogP contribution in [0.5, 0.6) is 0 Å². The van der Waals surface area contributed by atoms with Gasteiger partial charge in [-0.05, 0) is 18.8 Å². The number of hydrogen-bond donors (Lipinski definition) is 2. The van der Waals surface area contributed by atoms with E-state index in [-0.39, 0.29) is 5.91 Å². The first-order valence-corrected chi connectivity index (χ1v) is 6.62. The van der Waals surface area contributed by atoms with Crippen LogP contribution < -0.4 is 5.32 Å². The van der Waals surface area contributed by atoms with Gasteiger partial charge in [0.2, 0.25) is 5.91 Å². The molecule has 0 atom stereocenters. The molecule has 0 aliphatic heterocycles. The second-order valence-electron chi connectivity index (χ2n) is 4.87. The highest BCUT2D eigenvalue weighted by atomic mass is 16.1. The molecule has 2 N–H and O–H groups in total. The lowest BCUT2D eigenvalue weighted by molar-refractivity contribution is -0.116. The van der Waals surface area contributed by atoms with Gasteiger partial charge in [-0.2, -0.15) is 5.10 Å². The number of rotatable bonds is 5. The van der Waals surface area contributed by atoms with E-state index in [0.29, 0.717) is 12.2 Å². The van der Waals surface area contributed by atoms with E-state index in [9.17, 15) is 4.79 Å². The highest BCUT2D eigenvalue weighted by molar-refractivity contribution is 5.89. The Hall–Kier alpha value is -1.32. The van der Waals surface area contributed by atoms with Crippen LogP contribution in [0.1, 0.15) is 51.1 Å². The molecule has 0 spiro atoms. The summed E-state index contributed by atoms with van der Waals surface area (Å²) in [7, 11) is 0. The van der Waals surface area contributed by atoms with E-state index in [1.165, 1.54) is 25.7 Å². The molecule has 1 saturated carbocycles. The predicted molar refractivity (Wildman–Crippen MR) is 67.8 cm³/mol. The number of aromatic nitrogens is 2. The Morgan fingerprint density at radius 1 is 1.53 bits per heavy atom. The summed E-state index contributed by atoms with van der Waals surface area (Å²) in [6.07, 6.45) is 7.84. The Bertz CT molecular complexity index is 366. The van der Waals surface area contributed by atoms with Gasteiger partial charge < -0.3 is 5.32 Å². The fourth-order valence-electron chi connectivity index (χ4n) is 2.45. The first-order chi connectivity index (χ1) is 8.28. The maximum atomic E-state index is 11.7. The molecule has 1 heterocycles. The second-order valence-corrected chi connectivity index (χ2v) is 4.87. The molecule has 1 amide bonds. The van der Waals surface area contributed by atoms with E-state index in [0.717, 1.165) is 24.5 Å². The van der Waals surface area contributed by atoms with Crippen molar-refractivity contribution in [3.8, 4) is 0 Å². The number of hydrogen-bond acceptors (Lipinski definition) is 2. The third-order valence-corrected chi connectivity index (χ3v) is 3.53. The van der Waals surface area contributed by atoms with Crippen LogP contribution in [0.25, 0.3) is 0 Å². The van der Waals surface area contributed by atoms with Crippen molar-refractivity contribution in [2.24, 2.45) is 5.92 Å². The minimum Gasteiger partial charge on any atom is -0.309 e. The van der Waals surface area contributed by atoms with E-state index < -0.39 is 0 Å². The lowest BCUT2D eigenvalue weighted by Gasteiger charge is -2.07. The van der Waals surface area contributed by atoms with Gasteiger partial charge in [0.25, 0.3) is 0 Å². The van der Waals surface area contributed by atoms with Crippen LogP contribution in [0.15, 0.2) is 6.07 Å². The van der Waals surface area contributed by atoms with Crippen molar-refractivity contribution in [3.63, 3.8) is 0 Å². The summed E-state index contributed by atoms with van der Waals surface area (Å²) in [5, 5.41) is 9.78. The molecule has 1 aromatic rings. The molecule has 0 saturated heterocycles. The second kappa shape index (κ2) is 5.84. The zero-order valence-electron chi connectivity index (χ0n) is 10.5. The van der Waals surface area contributed by atoms with E-state index >= 15 is 0 Å². The molecule has 17 heavy (non-hydrogen) atoms. The van der Waals surface area contributed by atoms with Crippen molar-refractivity contribution in [3.05, 3.63) is 11.8 Å². The Morgan fingerprint density at radius 2 is 2.29 bits per heavy atom. The van der Waals surface area contributed by atoms with Gasteiger partial charge in [0, 0.05) is 18.2 Å². The summed E-state index contributed by atoms with van der Waals surface area (Å²) >= 11 is 0. The number of carbonyl (C=O) groups excluding carboxylic acids is 1. The Kier molecular flexibility index (Phi) is 4.18. The third kappa shape index (κ3) is 3.58. The van der Waals surface area contributed by atoms with Gasteiger partial charge in [0.15, 0.2) is 5.82 Å². The number of anilines is 1. The minimum absolute atomic E-state index is 0.0889. The van der Waals surface area contributed by atoms with Crippen LogP contribution in [-0.2, 0) is 11.2 Å². The zero-order chi connectivity index (χ0) is 12.1. The SMILES string of the molecule is CCc1cc(NC(=O)CCC2CCCC2)n[nH]1. The number of H-pyrrole nitrogens is 1. The van der Waals surface area contributed by atoms with E-state index in [1.807, 2.05) is 6.07 Å². The fraction of sp³-hybridized carbons (Fsp3) is 0.692. The fourth-order valence-corrected chi connectivity index (χ4v) is 2.45. The molecule has 1 aromatic heterocycles. The molecule has 1 aliphatic carbocycles. The molecular weight excluding hydrogens is 214 g/mol. The number of nitrogens with zero attached hydrogens (tertiary/aromatic N) is 1. The van der Waals surface area contributed by atoms with E-state index in [1.54, 1.807) is 0 Å². The molecule has 1 aliphatic rings. The standard InChI is InChI=1S/C13H21N3O/c1-2-11-9-12(16-15-11)14-13(17)8-7-10-5-3-4-6-10/h9-10H,2-8H2,1H3,(H2,14,15,16,17). The third-order valence-electron chi connectivity index (χ3n) is 3.53. The minimum atomic E-state index is 0.0889. The molecule has 0 unspecified atom stereocenters. The topological polar surface area (TPSA) is 57.8 Å². The van der Waals surface area contributed by atoms with Gasteiger partial charge in [0.05, 0.1) is 0 Å². The van der Waals surface area contributed by atoms with Crippen LogP contribution in [0.3, 0.4) is 0 Å². The van der Waals surface area contributed by atoms with Crippen LogP contribution in [0.4, 0.5) is 5.82 Å². The van der Waals surface area contributed by atoms with Crippen molar-refractivity contribution in [2.75, 3.05) is 5.32 Å². The van der Waals surface area contributed by atoms with Gasteiger partial charge >= 0.3 is 0 Å². The van der Waals surface area contributed by atoms with Crippen molar-refractivity contribution in [1.29, 1.82) is 0 Å². The van der Waals surface area contributed by atoms with Gasteiger partial charge in [0.1, 0.15) is 0 Å².